The molecule has 7 heteroatoms. The average Bonchev–Trinajstić information content (AvgIpc) is 2.60. The van der Waals surface area contributed by atoms with Crippen LogP contribution < -0.4 is 16.2 Å². The van der Waals surface area contributed by atoms with Crippen molar-refractivity contribution in [3.05, 3.63) is 75.1 Å². The lowest BCUT2D eigenvalue weighted by Crippen LogP contribution is -2.22. The highest BCUT2D eigenvalue weighted by Crippen LogP contribution is 2.23. The number of carboxylic acid groups (broad SMARTS) is 1. The molecule has 0 spiro atoms. The van der Waals surface area contributed by atoms with Gasteiger partial charge in [0.05, 0.1) is 28.0 Å². The molecule has 126 valence electrons. The molecule has 0 radical (unpaired) electrons. The Bertz CT molecular complexity index is 1060. The van der Waals surface area contributed by atoms with Crippen molar-refractivity contribution in [3.8, 4) is 0 Å². The number of rotatable bonds is 4. The second-order valence-electron chi connectivity index (χ2n) is 5.28. The van der Waals surface area contributed by atoms with Gasteiger partial charge in [-0.1, -0.05) is 35.9 Å². The van der Waals surface area contributed by atoms with Crippen molar-refractivity contribution in [2.45, 2.75) is 6.92 Å². The molecular formula is C18H12ClN2O4-. The Hall–Kier alpha value is -3.12. The fraction of sp³-hybridized carbons (Fsp3) is 0.0556. The molecule has 0 saturated carbocycles. The molecular weight excluding hydrogens is 344 g/mol. The summed E-state index contributed by atoms with van der Waals surface area (Å²) in [6.07, 6.45) is 0. The van der Waals surface area contributed by atoms with Crippen LogP contribution in [0.4, 0.5) is 5.69 Å². The van der Waals surface area contributed by atoms with Crippen LogP contribution in [0.25, 0.3) is 11.0 Å². The van der Waals surface area contributed by atoms with E-state index in [4.69, 9.17) is 16.0 Å². The topological polar surface area (TPSA) is 94.7 Å². The molecule has 0 atom stereocenters. The van der Waals surface area contributed by atoms with E-state index in [1.807, 2.05) is 12.1 Å². The third kappa shape index (κ3) is 3.54. The molecule has 0 bridgehead atoms. The molecule has 0 amide bonds. The Morgan fingerprint density at radius 2 is 1.96 bits per heavy atom. The zero-order valence-corrected chi connectivity index (χ0v) is 13.8. The first-order valence-corrected chi connectivity index (χ1v) is 7.68. The van der Waals surface area contributed by atoms with E-state index in [2.05, 4.69) is 10.5 Å². The van der Waals surface area contributed by atoms with Gasteiger partial charge in [0.25, 0.3) is 0 Å². The second kappa shape index (κ2) is 6.78. The lowest BCUT2D eigenvalue weighted by Gasteiger charge is -2.08. The van der Waals surface area contributed by atoms with Gasteiger partial charge in [0.15, 0.2) is 0 Å². The summed E-state index contributed by atoms with van der Waals surface area (Å²) < 4.78 is 5.26. The van der Waals surface area contributed by atoms with Crippen molar-refractivity contribution in [1.82, 2.24) is 0 Å². The van der Waals surface area contributed by atoms with Gasteiger partial charge in [-0.25, -0.2) is 4.79 Å². The average molecular weight is 356 g/mol. The highest BCUT2D eigenvalue weighted by molar-refractivity contribution is 6.33. The minimum Gasteiger partial charge on any atom is -0.545 e. The normalized spacial score (nSPS) is 11.5. The predicted molar refractivity (Wildman–Crippen MR) is 94.1 cm³/mol. The number of fused-ring (bicyclic) bond motifs is 1. The number of benzene rings is 2. The lowest BCUT2D eigenvalue weighted by molar-refractivity contribution is -0.255. The monoisotopic (exact) mass is 355 g/mol. The number of nitrogens with one attached hydrogen (secondary N) is 1. The molecule has 1 aromatic heterocycles. The van der Waals surface area contributed by atoms with Crippen LogP contribution in [0.2, 0.25) is 5.02 Å². The van der Waals surface area contributed by atoms with Gasteiger partial charge in [-0.3, -0.25) is 5.43 Å². The predicted octanol–water partition coefficient (Wildman–Crippen LogP) is 2.65. The SMILES string of the molecule is C/C(=N/Nc1cc(C(=O)[O-])ccc1Cl)c1cc2ccccc2oc1=O. The molecule has 0 aliphatic heterocycles. The number of hydrogen-bond donors (Lipinski definition) is 1. The van der Waals surface area contributed by atoms with Crippen LogP contribution in [0.3, 0.4) is 0 Å². The first kappa shape index (κ1) is 16.7. The minimum atomic E-state index is -1.32. The number of aromatic carboxylic acids is 1. The number of anilines is 1. The van der Waals surface area contributed by atoms with Gasteiger partial charge in [-0.2, -0.15) is 5.10 Å². The van der Waals surface area contributed by atoms with Crippen LogP contribution in [0.5, 0.6) is 0 Å². The van der Waals surface area contributed by atoms with E-state index < -0.39 is 11.6 Å². The Kier molecular flexibility index (Phi) is 4.54. The van der Waals surface area contributed by atoms with E-state index in [1.165, 1.54) is 18.2 Å². The molecule has 0 unspecified atom stereocenters. The first-order chi connectivity index (χ1) is 12.0. The van der Waals surface area contributed by atoms with E-state index >= 15 is 0 Å². The smallest absolute Gasteiger partial charge is 0.345 e. The van der Waals surface area contributed by atoms with E-state index in [0.717, 1.165) is 5.39 Å². The molecule has 1 N–H and O–H groups in total. The summed E-state index contributed by atoms with van der Waals surface area (Å²) >= 11 is 6.01. The van der Waals surface area contributed by atoms with E-state index in [-0.39, 0.29) is 16.3 Å². The maximum atomic E-state index is 12.1. The summed E-state index contributed by atoms with van der Waals surface area (Å²) in [5.41, 5.74) is 3.54. The zero-order chi connectivity index (χ0) is 18.0. The molecule has 2 aromatic carbocycles. The van der Waals surface area contributed by atoms with Gasteiger partial charge in [-0.05, 0) is 36.8 Å². The number of carboxylic acids is 1. The molecule has 1 heterocycles. The zero-order valence-electron chi connectivity index (χ0n) is 13.1. The van der Waals surface area contributed by atoms with Gasteiger partial charge < -0.3 is 14.3 Å². The summed E-state index contributed by atoms with van der Waals surface area (Å²) in [6.45, 7) is 1.63. The molecule has 6 nitrogen and oxygen atoms in total. The van der Waals surface area contributed by atoms with Crippen molar-refractivity contribution in [3.63, 3.8) is 0 Å². The van der Waals surface area contributed by atoms with Crippen LogP contribution in [0.15, 0.2) is 62.8 Å². The van der Waals surface area contributed by atoms with Crippen LogP contribution in [-0.4, -0.2) is 11.7 Å². The molecule has 25 heavy (non-hydrogen) atoms. The number of para-hydroxylation sites is 1. The molecule has 3 aromatic rings. The second-order valence-corrected chi connectivity index (χ2v) is 5.68. The van der Waals surface area contributed by atoms with Crippen molar-refractivity contribution in [2.24, 2.45) is 5.10 Å². The molecule has 0 aliphatic carbocycles. The highest BCUT2D eigenvalue weighted by Gasteiger charge is 2.09. The van der Waals surface area contributed by atoms with Gasteiger partial charge in [0.1, 0.15) is 5.58 Å². The lowest BCUT2D eigenvalue weighted by atomic mass is 10.1. The van der Waals surface area contributed by atoms with Crippen molar-refractivity contribution < 1.29 is 14.3 Å². The van der Waals surface area contributed by atoms with Crippen LogP contribution >= 0.6 is 11.6 Å². The van der Waals surface area contributed by atoms with E-state index in [1.54, 1.807) is 25.1 Å². The number of halogens is 1. The van der Waals surface area contributed by atoms with Crippen LogP contribution in [-0.2, 0) is 0 Å². The van der Waals surface area contributed by atoms with E-state index in [0.29, 0.717) is 16.9 Å². The minimum absolute atomic E-state index is 0.0371. The summed E-state index contributed by atoms with van der Waals surface area (Å²) in [4.78, 5) is 23.0. The maximum absolute atomic E-state index is 12.1. The largest absolute Gasteiger partial charge is 0.545 e. The maximum Gasteiger partial charge on any atom is 0.345 e. The van der Waals surface area contributed by atoms with Gasteiger partial charge in [0.2, 0.25) is 0 Å². The fourth-order valence-corrected chi connectivity index (χ4v) is 2.42. The Morgan fingerprint density at radius 3 is 2.72 bits per heavy atom. The van der Waals surface area contributed by atoms with Crippen molar-refractivity contribution in [1.29, 1.82) is 0 Å². The Balaban J connectivity index is 1.95. The van der Waals surface area contributed by atoms with Crippen molar-refractivity contribution >= 4 is 39.9 Å². The summed E-state index contributed by atoms with van der Waals surface area (Å²) in [5.74, 6) is -1.32. The molecule has 3 rings (SSSR count). The molecule has 0 saturated heterocycles. The number of hydrazone groups is 1. The fourth-order valence-electron chi connectivity index (χ4n) is 2.26. The van der Waals surface area contributed by atoms with Crippen LogP contribution in [0.1, 0.15) is 22.8 Å². The molecule has 0 aliphatic rings. The van der Waals surface area contributed by atoms with Crippen LogP contribution in [0, 0.1) is 0 Å². The standard InChI is InChI=1S/C18H13ClN2O4/c1-10(13-8-11-4-2-3-5-16(11)25-18(13)24)20-21-15-9-12(17(22)23)6-7-14(15)19/h2-9,21H,1H3,(H,22,23)/p-1/b20-10-. The highest BCUT2D eigenvalue weighted by atomic mass is 35.5. The third-order valence-electron chi connectivity index (χ3n) is 3.58. The summed E-state index contributed by atoms with van der Waals surface area (Å²) in [5, 5.41) is 16.1. The van der Waals surface area contributed by atoms with Crippen molar-refractivity contribution in [2.75, 3.05) is 5.43 Å². The number of carbonyl (C=O) groups excluding carboxylic acids is 1. The Morgan fingerprint density at radius 1 is 1.20 bits per heavy atom. The number of hydrogen-bond acceptors (Lipinski definition) is 6. The summed E-state index contributed by atoms with van der Waals surface area (Å²) in [7, 11) is 0. The quantitative estimate of drug-likeness (QED) is 0.441. The van der Waals surface area contributed by atoms with Gasteiger partial charge >= 0.3 is 5.63 Å². The Labute approximate surface area is 147 Å². The third-order valence-corrected chi connectivity index (χ3v) is 3.91. The number of nitrogens with zero attached hydrogens (tertiary/aromatic N) is 1. The number of carbonyl (C=O) groups is 1. The van der Waals surface area contributed by atoms with E-state index in [9.17, 15) is 14.7 Å². The molecule has 0 fully saturated rings. The first-order valence-electron chi connectivity index (χ1n) is 7.30. The summed E-state index contributed by atoms with van der Waals surface area (Å²) in [6, 6.07) is 12.9. The van der Waals surface area contributed by atoms with Gasteiger partial charge in [0, 0.05) is 5.39 Å². The van der Waals surface area contributed by atoms with Gasteiger partial charge in [-0.15, -0.1) is 0 Å².